The molecule has 2 aromatic carbocycles. The minimum Gasteiger partial charge on any atom is -0.354 e. The van der Waals surface area contributed by atoms with Crippen molar-refractivity contribution in [3.05, 3.63) is 59.8 Å². The van der Waals surface area contributed by atoms with E-state index in [2.05, 4.69) is 5.32 Å². The number of hydrogen-bond acceptors (Lipinski definition) is 4. The molecule has 3 aromatic rings. The van der Waals surface area contributed by atoms with Crippen molar-refractivity contribution in [1.82, 2.24) is 14.8 Å². The van der Waals surface area contributed by atoms with Crippen molar-refractivity contribution >= 4 is 44.2 Å². The number of rotatable bonds is 8. The number of hydrogen-bond donors (Lipinski definition) is 1. The summed E-state index contributed by atoms with van der Waals surface area (Å²) in [6, 6.07) is 13.1. The van der Waals surface area contributed by atoms with Crippen LogP contribution in [0.1, 0.15) is 19.3 Å². The van der Waals surface area contributed by atoms with Crippen LogP contribution in [0, 0.1) is 0 Å². The van der Waals surface area contributed by atoms with Crippen LogP contribution in [-0.2, 0) is 26.0 Å². The first-order valence-corrected chi connectivity index (χ1v) is 12.4. The van der Waals surface area contributed by atoms with Crippen LogP contribution in [0.3, 0.4) is 0 Å². The first-order chi connectivity index (χ1) is 15.4. The van der Waals surface area contributed by atoms with E-state index in [1.54, 1.807) is 22.8 Å². The predicted molar refractivity (Wildman–Crippen MR) is 122 cm³/mol. The number of carbonyl (C=O) groups excluding carboxylic acids is 2. The van der Waals surface area contributed by atoms with Crippen LogP contribution < -0.4 is 5.32 Å². The van der Waals surface area contributed by atoms with Gasteiger partial charge in [0.15, 0.2) is 0 Å². The Balaban J connectivity index is 1.48. The van der Waals surface area contributed by atoms with Gasteiger partial charge < -0.3 is 14.8 Å². The van der Waals surface area contributed by atoms with Gasteiger partial charge in [-0.2, -0.15) is 0 Å². The summed E-state index contributed by atoms with van der Waals surface area (Å²) in [7, 11) is -3.78. The molecule has 7 nitrogen and oxygen atoms in total. The van der Waals surface area contributed by atoms with E-state index in [9.17, 15) is 18.0 Å². The lowest BCUT2D eigenvalue weighted by atomic mass is 10.2. The lowest BCUT2D eigenvalue weighted by molar-refractivity contribution is -0.127. The number of benzene rings is 2. The third kappa shape index (κ3) is 4.66. The molecule has 4 rings (SSSR count). The monoisotopic (exact) mass is 473 g/mol. The molecule has 168 valence electrons. The third-order valence-corrected chi connectivity index (χ3v) is 7.63. The molecule has 0 bridgehead atoms. The van der Waals surface area contributed by atoms with Gasteiger partial charge in [-0.1, -0.05) is 29.8 Å². The number of para-hydroxylation sites is 1. The maximum atomic E-state index is 13.2. The third-order valence-electron chi connectivity index (χ3n) is 5.58. The maximum absolute atomic E-state index is 13.2. The highest BCUT2D eigenvalue weighted by Crippen LogP contribution is 2.30. The van der Waals surface area contributed by atoms with E-state index in [0.717, 1.165) is 13.0 Å². The second-order valence-corrected chi connectivity index (χ2v) is 10.1. The summed E-state index contributed by atoms with van der Waals surface area (Å²) in [6.07, 6.45) is 3.69. The summed E-state index contributed by atoms with van der Waals surface area (Å²) in [5, 5.41) is 3.87. The number of likely N-dealkylation sites (tertiary alicyclic amines) is 1. The van der Waals surface area contributed by atoms with E-state index in [-0.39, 0.29) is 28.2 Å². The SMILES string of the molecule is O=C(Cn1cc(S(=O)(=O)c2ccc(Cl)cc2)c2ccccc21)NCCCN1CCCC1=O. The molecule has 1 fully saturated rings. The molecule has 0 unspecified atom stereocenters. The van der Waals surface area contributed by atoms with E-state index in [4.69, 9.17) is 11.6 Å². The molecule has 1 aliphatic rings. The normalized spacial score (nSPS) is 14.3. The smallest absolute Gasteiger partial charge is 0.239 e. The number of halogens is 1. The molecule has 1 N–H and O–H groups in total. The lowest BCUT2D eigenvalue weighted by Gasteiger charge is -2.15. The van der Waals surface area contributed by atoms with Crippen LogP contribution in [-0.4, -0.2) is 49.3 Å². The van der Waals surface area contributed by atoms with Gasteiger partial charge in [0.05, 0.1) is 9.79 Å². The van der Waals surface area contributed by atoms with Crippen LogP contribution in [0.4, 0.5) is 0 Å². The van der Waals surface area contributed by atoms with E-state index in [0.29, 0.717) is 41.9 Å². The van der Waals surface area contributed by atoms with E-state index in [1.165, 1.54) is 30.5 Å². The molecule has 0 spiro atoms. The number of carbonyl (C=O) groups is 2. The molecule has 1 aliphatic heterocycles. The predicted octanol–water partition coefficient (Wildman–Crippen LogP) is 3.26. The lowest BCUT2D eigenvalue weighted by Crippen LogP contribution is -2.32. The van der Waals surface area contributed by atoms with Gasteiger partial charge in [0.25, 0.3) is 0 Å². The Bertz CT molecular complexity index is 1250. The Morgan fingerprint density at radius 2 is 1.84 bits per heavy atom. The molecule has 2 amide bonds. The molecule has 32 heavy (non-hydrogen) atoms. The average molecular weight is 474 g/mol. The summed E-state index contributed by atoms with van der Waals surface area (Å²) in [4.78, 5) is 26.3. The minimum atomic E-state index is -3.78. The average Bonchev–Trinajstić information content (AvgIpc) is 3.35. The molecule has 2 heterocycles. The van der Waals surface area contributed by atoms with Crippen molar-refractivity contribution in [3.63, 3.8) is 0 Å². The number of nitrogens with zero attached hydrogens (tertiary/aromatic N) is 2. The summed E-state index contributed by atoms with van der Waals surface area (Å²) in [5.74, 6) is -0.0431. The summed E-state index contributed by atoms with van der Waals surface area (Å²) >= 11 is 5.90. The van der Waals surface area contributed by atoms with Gasteiger partial charge in [0, 0.05) is 48.2 Å². The highest BCUT2D eigenvalue weighted by molar-refractivity contribution is 7.91. The standard InChI is InChI=1S/C23H24ClN3O4S/c24-17-8-10-18(11-9-17)32(30,31)21-15-27(20-6-2-1-5-19(20)21)16-22(28)25-12-4-14-26-13-3-7-23(26)29/h1-2,5-6,8-11,15H,3-4,7,12-14,16H2,(H,25,28). The van der Waals surface area contributed by atoms with Gasteiger partial charge in [0.1, 0.15) is 6.54 Å². The number of amides is 2. The fraction of sp³-hybridized carbons (Fsp3) is 0.304. The first kappa shape index (κ1) is 22.4. The first-order valence-electron chi connectivity index (χ1n) is 10.5. The van der Waals surface area contributed by atoms with E-state index in [1.807, 2.05) is 11.0 Å². The van der Waals surface area contributed by atoms with Crippen molar-refractivity contribution < 1.29 is 18.0 Å². The topological polar surface area (TPSA) is 88.5 Å². The fourth-order valence-corrected chi connectivity index (χ4v) is 5.55. The largest absolute Gasteiger partial charge is 0.354 e. The number of aromatic nitrogens is 1. The summed E-state index contributed by atoms with van der Waals surface area (Å²) < 4.78 is 28.1. The number of fused-ring (bicyclic) bond motifs is 1. The zero-order valence-electron chi connectivity index (χ0n) is 17.5. The zero-order valence-corrected chi connectivity index (χ0v) is 19.0. The molecule has 0 saturated carbocycles. The Labute approximate surface area is 191 Å². The van der Waals surface area contributed by atoms with Gasteiger partial charge in [-0.25, -0.2) is 8.42 Å². The number of nitrogens with one attached hydrogen (secondary N) is 1. The Morgan fingerprint density at radius 1 is 1.09 bits per heavy atom. The van der Waals surface area contributed by atoms with Gasteiger partial charge in [-0.05, 0) is 43.2 Å². The highest BCUT2D eigenvalue weighted by Gasteiger charge is 2.24. The Morgan fingerprint density at radius 3 is 2.56 bits per heavy atom. The highest BCUT2D eigenvalue weighted by atomic mass is 35.5. The van der Waals surface area contributed by atoms with Crippen molar-refractivity contribution in [3.8, 4) is 0 Å². The van der Waals surface area contributed by atoms with Crippen LogP contribution in [0.25, 0.3) is 10.9 Å². The minimum absolute atomic E-state index is 0.000698. The van der Waals surface area contributed by atoms with Crippen LogP contribution >= 0.6 is 11.6 Å². The molecule has 9 heteroatoms. The quantitative estimate of drug-likeness (QED) is 0.508. The molecule has 0 radical (unpaired) electrons. The Kier molecular flexibility index (Phi) is 6.53. The molecular formula is C23H24ClN3O4S. The Hall–Kier alpha value is -2.84. The number of sulfone groups is 1. The molecule has 0 atom stereocenters. The molecule has 1 aromatic heterocycles. The van der Waals surface area contributed by atoms with E-state index >= 15 is 0 Å². The second kappa shape index (κ2) is 9.34. The molecular weight excluding hydrogens is 450 g/mol. The maximum Gasteiger partial charge on any atom is 0.239 e. The van der Waals surface area contributed by atoms with Crippen molar-refractivity contribution in [2.45, 2.75) is 35.6 Å². The summed E-state index contributed by atoms with van der Waals surface area (Å²) in [6.45, 7) is 1.87. The van der Waals surface area contributed by atoms with Gasteiger partial charge in [0.2, 0.25) is 21.7 Å². The zero-order chi connectivity index (χ0) is 22.7. The summed E-state index contributed by atoms with van der Waals surface area (Å²) in [5.41, 5.74) is 0.665. The van der Waals surface area contributed by atoms with Crippen molar-refractivity contribution in [1.29, 1.82) is 0 Å². The van der Waals surface area contributed by atoms with E-state index < -0.39 is 9.84 Å². The van der Waals surface area contributed by atoms with Gasteiger partial charge in [-0.3, -0.25) is 9.59 Å². The van der Waals surface area contributed by atoms with Crippen LogP contribution in [0.15, 0.2) is 64.5 Å². The van der Waals surface area contributed by atoms with Gasteiger partial charge >= 0.3 is 0 Å². The second-order valence-electron chi connectivity index (χ2n) is 7.78. The fourth-order valence-electron chi connectivity index (χ4n) is 3.95. The van der Waals surface area contributed by atoms with Crippen LogP contribution in [0.5, 0.6) is 0 Å². The van der Waals surface area contributed by atoms with Crippen molar-refractivity contribution in [2.24, 2.45) is 0 Å². The molecule has 0 aliphatic carbocycles. The van der Waals surface area contributed by atoms with Gasteiger partial charge in [-0.15, -0.1) is 0 Å². The van der Waals surface area contributed by atoms with Crippen molar-refractivity contribution in [2.75, 3.05) is 19.6 Å². The van der Waals surface area contributed by atoms with Crippen LogP contribution in [0.2, 0.25) is 5.02 Å². The molecule has 1 saturated heterocycles.